The molecule has 61 heavy (non-hydrogen) atoms. The van der Waals surface area contributed by atoms with Crippen molar-refractivity contribution in [1.29, 1.82) is 0 Å². The minimum absolute atomic E-state index is 0.109. The Bertz CT molecular complexity index is 3090. The van der Waals surface area contributed by atoms with Gasteiger partial charge in [0.15, 0.2) is 8.07 Å². The van der Waals surface area contributed by atoms with Gasteiger partial charge >= 0.3 is 0 Å². The first-order valence-corrected chi connectivity index (χ1v) is 23.7. The van der Waals surface area contributed by atoms with Crippen LogP contribution in [0.5, 0.6) is 0 Å². The number of hydrogen-bond donors (Lipinski definition) is 0. The van der Waals surface area contributed by atoms with E-state index in [-0.39, 0.29) is 5.41 Å². The van der Waals surface area contributed by atoms with E-state index in [4.69, 9.17) is 0 Å². The van der Waals surface area contributed by atoms with Gasteiger partial charge in [0, 0.05) is 33.6 Å². The summed E-state index contributed by atoms with van der Waals surface area (Å²) in [7, 11) is -2.69. The third-order valence-corrected chi connectivity index (χ3v) is 18.5. The highest BCUT2D eigenvalue weighted by molar-refractivity contribution is 7.19. The van der Waals surface area contributed by atoms with Crippen molar-refractivity contribution in [3.8, 4) is 39.2 Å². The fraction of sp³-hybridized carbons (Fsp3) is 0.0862. The number of pyridine rings is 1. The molecule has 0 aliphatic heterocycles. The largest absolute Gasteiger partial charge is 0.309 e. The summed E-state index contributed by atoms with van der Waals surface area (Å²) in [5, 5.41) is 8.17. The van der Waals surface area contributed by atoms with Gasteiger partial charge in [0.25, 0.3) is 0 Å². The molecule has 0 saturated carbocycles. The summed E-state index contributed by atoms with van der Waals surface area (Å²) in [5.74, 6) is 0. The van der Waals surface area contributed by atoms with Crippen LogP contribution < -0.4 is 20.7 Å². The third-order valence-electron chi connectivity index (χ3n) is 13.7. The quantitative estimate of drug-likeness (QED) is 0.105. The molecule has 2 heterocycles. The van der Waals surface area contributed by atoms with Crippen molar-refractivity contribution >= 4 is 50.6 Å². The van der Waals surface area contributed by atoms with Crippen molar-refractivity contribution in [3.63, 3.8) is 0 Å². The molecule has 1 aliphatic rings. The Kier molecular flexibility index (Phi) is 9.02. The summed E-state index contributed by atoms with van der Waals surface area (Å²) >= 11 is 0. The first kappa shape index (κ1) is 37.0. The van der Waals surface area contributed by atoms with Gasteiger partial charge in [-0.05, 0) is 116 Å². The minimum atomic E-state index is -2.69. The molecule has 1 aliphatic carbocycles. The third kappa shape index (κ3) is 5.72. The molecule has 0 unspecified atom stereocenters. The SMILES string of the molecule is CCC1(CC)c2cc(-c3ccc4c(c3)c3ccccc3n4-c3ccc(-c4ccccn4)cc3)ccc2-c2ccc([Si](c3ccccc3)(c3ccccc3)c3ccccc3)cc21. The van der Waals surface area contributed by atoms with Crippen molar-refractivity contribution in [1.82, 2.24) is 9.55 Å². The molecule has 0 amide bonds. The molecule has 2 aromatic heterocycles. The van der Waals surface area contributed by atoms with Crippen molar-refractivity contribution in [2.75, 3.05) is 0 Å². The Morgan fingerprint density at radius 2 is 0.951 bits per heavy atom. The topological polar surface area (TPSA) is 17.8 Å². The summed E-state index contributed by atoms with van der Waals surface area (Å²) in [4.78, 5) is 4.58. The lowest BCUT2D eigenvalue weighted by molar-refractivity contribution is 0.491. The first-order valence-electron chi connectivity index (χ1n) is 21.7. The number of hydrogen-bond acceptors (Lipinski definition) is 1. The highest BCUT2D eigenvalue weighted by atomic mass is 28.3. The maximum atomic E-state index is 4.58. The predicted molar refractivity (Wildman–Crippen MR) is 260 cm³/mol. The number of benzene rings is 8. The molecule has 0 bridgehead atoms. The van der Waals surface area contributed by atoms with Crippen LogP contribution in [0.15, 0.2) is 219 Å². The van der Waals surface area contributed by atoms with Crippen LogP contribution >= 0.6 is 0 Å². The van der Waals surface area contributed by atoms with Gasteiger partial charge < -0.3 is 4.57 Å². The van der Waals surface area contributed by atoms with E-state index in [0.29, 0.717) is 0 Å². The van der Waals surface area contributed by atoms with Gasteiger partial charge in [-0.2, -0.15) is 0 Å². The second-order valence-electron chi connectivity index (χ2n) is 16.5. The number of para-hydroxylation sites is 1. The van der Waals surface area contributed by atoms with Gasteiger partial charge in [-0.25, -0.2) is 0 Å². The average Bonchev–Trinajstić information content (AvgIpc) is 3.82. The molecule has 0 radical (unpaired) electrons. The number of nitrogens with zero attached hydrogens (tertiary/aromatic N) is 2. The fourth-order valence-corrected chi connectivity index (χ4v) is 15.5. The Hall–Kier alpha value is -7.07. The molecular formula is C58H46N2Si. The van der Waals surface area contributed by atoms with Crippen LogP contribution in [0.3, 0.4) is 0 Å². The molecule has 10 aromatic rings. The van der Waals surface area contributed by atoms with Crippen LogP contribution in [0.2, 0.25) is 0 Å². The van der Waals surface area contributed by atoms with E-state index in [0.717, 1.165) is 29.8 Å². The van der Waals surface area contributed by atoms with E-state index >= 15 is 0 Å². The standard InChI is InChI=1S/C58H46N2Si/c1-3-58(4-2)53-39-43(42-30-36-57-52(38-42)51-24-14-15-26-56(51)60(57)44-31-27-41(28-32-44)55-25-16-17-37-59-55)29-34-49(53)50-35-33-48(40-54(50)58)61(45-18-8-5-9-19-45,46-20-10-6-11-21-46)47-22-12-7-13-23-47/h5-40H,3-4H2,1-2H3. The smallest absolute Gasteiger partial charge is 0.179 e. The molecule has 0 saturated heterocycles. The summed E-state index contributed by atoms with van der Waals surface area (Å²) in [5.41, 5.74) is 13.7. The van der Waals surface area contributed by atoms with Crippen LogP contribution in [-0.2, 0) is 5.41 Å². The van der Waals surface area contributed by atoms with E-state index in [1.54, 1.807) is 0 Å². The van der Waals surface area contributed by atoms with Crippen molar-refractivity contribution in [2.24, 2.45) is 0 Å². The van der Waals surface area contributed by atoms with Gasteiger partial charge in [0.05, 0.1) is 16.7 Å². The summed E-state index contributed by atoms with van der Waals surface area (Å²) < 4.78 is 2.40. The molecule has 0 fully saturated rings. The highest BCUT2D eigenvalue weighted by Gasteiger charge is 2.45. The van der Waals surface area contributed by atoms with E-state index in [2.05, 4.69) is 224 Å². The number of fused-ring (bicyclic) bond motifs is 6. The Morgan fingerprint density at radius 3 is 1.57 bits per heavy atom. The summed E-state index contributed by atoms with van der Waals surface area (Å²) in [6, 6.07) is 79.4. The lowest BCUT2D eigenvalue weighted by Crippen LogP contribution is -2.74. The van der Waals surface area contributed by atoms with E-state index in [9.17, 15) is 0 Å². The van der Waals surface area contributed by atoms with E-state index in [1.807, 2.05) is 18.3 Å². The second kappa shape index (κ2) is 14.9. The number of rotatable bonds is 9. The lowest BCUT2D eigenvalue weighted by Gasteiger charge is -2.36. The fourth-order valence-electron chi connectivity index (χ4n) is 10.7. The Morgan fingerprint density at radius 1 is 0.426 bits per heavy atom. The van der Waals surface area contributed by atoms with Gasteiger partial charge in [-0.15, -0.1) is 0 Å². The Labute approximate surface area is 359 Å². The van der Waals surface area contributed by atoms with Gasteiger partial charge in [0.2, 0.25) is 0 Å². The van der Waals surface area contributed by atoms with Gasteiger partial charge in [-0.1, -0.05) is 178 Å². The molecular weight excluding hydrogens is 753 g/mol. The van der Waals surface area contributed by atoms with Crippen molar-refractivity contribution < 1.29 is 0 Å². The van der Waals surface area contributed by atoms with Crippen LogP contribution in [0, 0.1) is 0 Å². The normalized spacial score (nSPS) is 13.0. The Balaban J connectivity index is 1.04. The summed E-state index contributed by atoms with van der Waals surface area (Å²) in [6.45, 7) is 4.78. The zero-order valence-corrected chi connectivity index (χ0v) is 35.6. The molecule has 0 N–H and O–H groups in total. The van der Waals surface area contributed by atoms with Crippen LogP contribution in [0.25, 0.3) is 61.0 Å². The maximum absolute atomic E-state index is 4.58. The van der Waals surface area contributed by atoms with Gasteiger partial charge in [0.1, 0.15) is 0 Å². The maximum Gasteiger partial charge on any atom is 0.179 e. The van der Waals surface area contributed by atoms with Crippen LogP contribution in [0.1, 0.15) is 37.8 Å². The molecule has 11 rings (SSSR count). The monoisotopic (exact) mass is 798 g/mol. The highest BCUT2D eigenvalue weighted by Crippen LogP contribution is 2.53. The van der Waals surface area contributed by atoms with Crippen molar-refractivity contribution in [2.45, 2.75) is 32.1 Å². The first-order chi connectivity index (χ1) is 30.1. The predicted octanol–water partition coefficient (Wildman–Crippen LogP) is 12.0. The zero-order chi connectivity index (χ0) is 41.0. The van der Waals surface area contributed by atoms with Crippen LogP contribution in [0.4, 0.5) is 0 Å². The van der Waals surface area contributed by atoms with E-state index in [1.165, 1.54) is 75.9 Å². The second-order valence-corrected chi connectivity index (χ2v) is 20.3. The summed E-state index contributed by atoms with van der Waals surface area (Å²) in [6.07, 6.45) is 3.90. The molecule has 292 valence electrons. The molecule has 3 heteroatoms. The molecule has 2 nitrogen and oxygen atoms in total. The molecule has 0 spiro atoms. The van der Waals surface area contributed by atoms with E-state index < -0.39 is 8.07 Å². The molecule has 8 aromatic carbocycles. The minimum Gasteiger partial charge on any atom is -0.309 e. The zero-order valence-electron chi connectivity index (χ0n) is 34.6. The molecule has 0 atom stereocenters. The van der Waals surface area contributed by atoms with Crippen LogP contribution in [-0.4, -0.2) is 17.6 Å². The lowest BCUT2D eigenvalue weighted by atomic mass is 9.73. The number of aromatic nitrogens is 2. The van der Waals surface area contributed by atoms with Gasteiger partial charge in [-0.3, -0.25) is 4.98 Å². The van der Waals surface area contributed by atoms with Crippen molar-refractivity contribution in [3.05, 3.63) is 230 Å². The average molecular weight is 799 g/mol.